The smallest absolute Gasteiger partial charge is 0.311 e. The van der Waals surface area contributed by atoms with Crippen LogP contribution in [0.15, 0.2) is 36.5 Å². The van der Waals surface area contributed by atoms with Gasteiger partial charge in [-0.25, -0.2) is 4.98 Å². The van der Waals surface area contributed by atoms with E-state index in [-0.39, 0.29) is 16.9 Å². The fourth-order valence-electron chi connectivity index (χ4n) is 2.07. The molecule has 1 N–H and O–H groups in total. The molecule has 0 saturated carbocycles. The molecule has 22 heavy (non-hydrogen) atoms. The minimum Gasteiger partial charge on any atom is -0.334 e. The Morgan fingerprint density at radius 3 is 2.82 bits per heavy atom. The lowest BCUT2D eigenvalue weighted by molar-refractivity contribution is -0.384. The second-order valence-electron chi connectivity index (χ2n) is 4.56. The molecule has 1 aromatic carbocycles. The minimum atomic E-state index is -0.531. The number of nitrogens with zero attached hydrogens (tertiary/aromatic N) is 2. The van der Waals surface area contributed by atoms with Gasteiger partial charge in [-0.3, -0.25) is 14.9 Å². The highest BCUT2D eigenvalue weighted by molar-refractivity contribution is 6.21. The molecule has 0 aliphatic heterocycles. The van der Waals surface area contributed by atoms with Crippen LogP contribution in [0.1, 0.15) is 34.6 Å². The van der Waals surface area contributed by atoms with E-state index in [4.69, 9.17) is 11.6 Å². The van der Waals surface area contributed by atoms with Crippen LogP contribution in [0.5, 0.6) is 0 Å². The normalized spacial score (nSPS) is 11.7. The maximum absolute atomic E-state index is 11.3. The number of halogens is 1. The number of aldehydes is 1. The van der Waals surface area contributed by atoms with Gasteiger partial charge in [0.25, 0.3) is 0 Å². The molecule has 114 valence electrons. The van der Waals surface area contributed by atoms with E-state index in [1.54, 1.807) is 18.2 Å². The quantitative estimate of drug-likeness (QED) is 0.372. The Hall–Kier alpha value is -2.47. The zero-order valence-corrected chi connectivity index (χ0v) is 12.6. The predicted molar refractivity (Wildman–Crippen MR) is 84.9 cm³/mol. The van der Waals surface area contributed by atoms with Gasteiger partial charge in [0.05, 0.1) is 16.0 Å². The lowest BCUT2D eigenvalue weighted by Crippen LogP contribution is -2.05. The second-order valence-corrected chi connectivity index (χ2v) is 5.09. The number of carbonyl (C=O) groups excluding carboxylic acids is 1. The van der Waals surface area contributed by atoms with E-state index < -0.39 is 4.92 Å². The van der Waals surface area contributed by atoms with Crippen LogP contribution in [0.2, 0.25) is 0 Å². The highest BCUT2D eigenvalue weighted by Gasteiger charge is 2.19. The first kappa shape index (κ1) is 15.9. The van der Waals surface area contributed by atoms with Crippen molar-refractivity contribution in [2.24, 2.45) is 0 Å². The Labute approximate surface area is 132 Å². The van der Waals surface area contributed by atoms with E-state index in [2.05, 4.69) is 10.3 Å². The zero-order chi connectivity index (χ0) is 16.1. The summed E-state index contributed by atoms with van der Waals surface area (Å²) in [7, 11) is 0. The number of hydrogen-bond acceptors (Lipinski definition) is 5. The Morgan fingerprint density at radius 2 is 2.18 bits per heavy atom. The number of pyridine rings is 1. The SMILES string of the molecule is CCC(Cl)c1cccc(C=O)c1Nc1ncccc1[N+](=O)[O-]. The standard InChI is InChI=1S/C15H14ClN3O3/c1-2-12(16)11-6-3-5-10(9-20)14(11)18-15-13(19(21)22)7-4-8-17-15/h3-9,12H,2H2,1H3,(H,17,18). The molecule has 0 bridgehead atoms. The van der Waals surface area contributed by atoms with Gasteiger partial charge >= 0.3 is 5.69 Å². The van der Waals surface area contributed by atoms with Crippen LogP contribution in [0.3, 0.4) is 0 Å². The first-order valence-electron chi connectivity index (χ1n) is 6.67. The fourth-order valence-corrected chi connectivity index (χ4v) is 2.25. The van der Waals surface area contributed by atoms with Crippen LogP contribution >= 0.6 is 11.6 Å². The summed E-state index contributed by atoms with van der Waals surface area (Å²) >= 11 is 6.28. The van der Waals surface area contributed by atoms with Crippen molar-refractivity contribution in [1.82, 2.24) is 4.98 Å². The maximum atomic E-state index is 11.3. The lowest BCUT2D eigenvalue weighted by Gasteiger charge is -2.16. The predicted octanol–water partition coefficient (Wildman–Crippen LogP) is 4.24. The van der Waals surface area contributed by atoms with E-state index in [1.165, 1.54) is 18.3 Å². The molecule has 0 radical (unpaired) electrons. The van der Waals surface area contributed by atoms with E-state index >= 15 is 0 Å². The van der Waals surface area contributed by atoms with Gasteiger partial charge in [-0.2, -0.15) is 0 Å². The summed E-state index contributed by atoms with van der Waals surface area (Å²) in [4.78, 5) is 25.8. The molecule has 2 rings (SSSR count). The summed E-state index contributed by atoms with van der Waals surface area (Å²) in [5.74, 6) is 0.0722. The average molecular weight is 320 g/mol. The highest BCUT2D eigenvalue weighted by atomic mass is 35.5. The number of rotatable bonds is 6. The summed E-state index contributed by atoms with van der Waals surface area (Å²) in [6, 6.07) is 7.95. The number of para-hydroxylation sites is 1. The lowest BCUT2D eigenvalue weighted by atomic mass is 10.0. The largest absolute Gasteiger partial charge is 0.334 e. The van der Waals surface area contributed by atoms with Crippen molar-refractivity contribution in [3.8, 4) is 0 Å². The molecule has 1 atom stereocenters. The zero-order valence-electron chi connectivity index (χ0n) is 11.8. The number of aromatic nitrogens is 1. The number of alkyl halides is 1. The Balaban J connectivity index is 2.53. The molecule has 0 saturated heterocycles. The van der Waals surface area contributed by atoms with Crippen molar-refractivity contribution >= 4 is 35.1 Å². The van der Waals surface area contributed by atoms with Crippen LogP contribution < -0.4 is 5.32 Å². The van der Waals surface area contributed by atoms with Gasteiger partial charge in [-0.15, -0.1) is 11.6 Å². The van der Waals surface area contributed by atoms with Gasteiger partial charge in [0, 0.05) is 17.8 Å². The fraction of sp³-hybridized carbons (Fsp3) is 0.200. The Bertz CT molecular complexity index is 706. The number of hydrogen-bond donors (Lipinski definition) is 1. The van der Waals surface area contributed by atoms with Crippen molar-refractivity contribution in [2.75, 3.05) is 5.32 Å². The van der Waals surface area contributed by atoms with Crippen LogP contribution in [0, 0.1) is 10.1 Å². The first-order chi connectivity index (χ1) is 10.6. The first-order valence-corrected chi connectivity index (χ1v) is 7.10. The van der Waals surface area contributed by atoms with Gasteiger partial charge in [0.1, 0.15) is 0 Å². The van der Waals surface area contributed by atoms with Gasteiger partial charge in [-0.05, 0) is 24.1 Å². The number of anilines is 2. The molecule has 1 unspecified atom stereocenters. The van der Waals surface area contributed by atoms with Crippen molar-refractivity contribution in [2.45, 2.75) is 18.7 Å². The Morgan fingerprint density at radius 1 is 1.41 bits per heavy atom. The molecule has 0 fully saturated rings. The van der Waals surface area contributed by atoms with Crippen LogP contribution in [0.4, 0.5) is 17.2 Å². The van der Waals surface area contributed by atoms with Crippen LogP contribution in [0.25, 0.3) is 0 Å². The molecular formula is C15H14ClN3O3. The van der Waals surface area contributed by atoms with E-state index in [9.17, 15) is 14.9 Å². The van der Waals surface area contributed by atoms with Crippen molar-refractivity contribution in [3.05, 3.63) is 57.8 Å². The van der Waals surface area contributed by atoms with Crippen molar-refractivity contribution in [1.29, 1.82) is 0 Å². The summed E-state index contributed by atoms with van der Waals surface area (Å²) in [5.41, 5.74) is 1.35. The number of benzene rings is 1. The molecule has 7 heteroatoms. The molecular weight excluding hydrogens is 306 g/mol. The number of nitrogens with one attached hydrogen (secondary N) is 1. The van der Waals surface area contributed by atoms with Gasteiger partial charge in [-0.1, -0.05) is 19.1 Å². The third-order valence-corrected chi connectivity index (χ3v) is 3.72. The van der Waals surface area contributed by atoms with E-state index in [1.807, 2.05) is 6.92 Å². The molecule has 6 nitrogen and oxygen atoms in total. The average Bonchev–Trinajstić information content (AvgIpc) is 2.54. The van der Waals surface area contributed by atoms with Gasteiger partial charge in [0.15, 0.2) is 6.29 Å². The van der Waals surface area contributed by atoms with Gasteiger partial charge in [0.2, 0.25) is 5.82 Å². The molecule has 0 aliphatic rings. The molecule has 0 aliphatic carbocycles. The Kier molecular flexibility index (Phi) is 5.06. The molecule has 0 spiro atoms. The third kappa shape index (κ3) is 3.23. The molecule has 1 heterocycles. The van der Waals surface area contributed by atoms with E-state index in [0.29, 0.717) is 29.5 Å². The summed E-state index contributed by atoms with van der Waals surface area (Å²) in [5, 5.41) is 13.6. The van der Waals surface area contributed by atoms with Crippen molar-refractivity contribution < 1.29 is 9.72 Å². The maximum Gasteiger partial charge on any atom is 0.311 e. The molecule has 0 amide bonds. The van der Waals surface area contributed by atoms with Gasteiger partial charge < -0.3 is 5.32 Å². The summed E-state index contributed by atoms with van der Waals surface area (Å²) in [6.07, 6.45) is 2.78. The van der Waals surface area contributed by atoms with E-state index in [0.717, 1.165) is 0 Å². The molecule has 2 aromatic rings. The topological polar surface area (TPSA) is 85.1 Å². The second kappa shape index (κ2) is 7.00. The number of nitro groups is 1. The third-order valence-electron chi connectivity index (χ3n) is 3.18. The van der Waals surface area contributed by atoms with Crippen LogP contribution in [-0.2, 0) is 0 Å². The van der Waals surface area contributed by atoms with Crippen LogP contribution in [-0.4, -0.2) is 16.2 Å². The summed E-state index contributed by atoms with van der Waals surface area (Å²) in [6.45, 7) is 1.91. The minimum absolute atomic E-state index is 0.0722. The highest BCUT2D eigenvalue weighted by Crippen LogP contribution is 2.35. The summed E-state index contributed by atoms with van der Waals surface area (Å²) < 4.78 is 0. The number of carbonyl (C=O) groups is 1. The monoisotopic (exact) mass is 319 g/mol. The molecule has 1 aromatic heterocycles. The van der Waals surface area contributed by atoms with Crippen molar-refractivity contribution in [3.63, 3.8) is 0 Å².